The summed E-state index contributed by atoms with van der Waals surface area (Å²) in [6, 6.07) is 6.58. The Balaban J connectivity index is 1.50. The Labute approximate surface area is 397 Å². The van der Waals surface area contributed by atoms with Crippen LogP contribution in [0.3, 0.4) is 0 Å². The van der Waals surface area contributed by atoms with Crippen molar-refractivity contribution in [2.75, 3.05) is 46.1 Å². The zero-order valence-corrected chi connectivity index (χ0v) is 41.2. The number of rotatable bonds is 46. The van der Waals surface area contributed by atoms with Crippen molar-refractivity contribution in [1.82, 2.24) is 4.90 Å². The summed E-state index contributed by atoms with van der Waals surface area (Å²) in [5, 5.41) is 17.4. The van der Waals surface area contributed by atoms with Gasteiger partial charge in [-0.1, -0.05) is 151 Å². The van der Waals surface area contributed by atoms with E-state index < -0.39 is 11.9 Å². The number of ether oxygens (including phenoxy) is 3. The van der Waals surface area contributed by atoms with Gasteiger partial charge in [0, 0.05) is 32.0 Å². The number of nitrogens with zero attached hydrogens (tertiary/aromatic N) is 1. The van der Waals surface area contributed by atoms with Crippen LogP contribution in [0.5, 0.6) is 11.5 Å². The molecule has 0 unspecified atom stereocenters. The molecule has 1 fully saturated rings. The number of aryl methyl sites for hydroxylation is 1. The zero-order valence-electron chi connectivity index (χ0n) is 41.2. The Morgan fingerprint density at radius 3 is 1.20 bits per heavy atom. The van der Waals surface area contributed by atoms with E-state index in [0.29, 0.717) is 12.8 Å². The zero-order chi connectivity index (χ0) is 46.4. The van der Waals surface area contributed by atoms with Gasteiger partial charge in [0.25, 0.3) is 0 Å². The van der Waals surface area contributed by atoms with Crippen molar-refractivity contribution in [2.24, 2.45) is 0 Å². The van der Waals surface area contributed by atoms with Gasteiger partial charge in [-0.15, -0.1) is 0 Å². The van der Waals surface area contributed by atoms with Gasteiger partial charge in [-0.05, 0) is 127 Å². The summed E-state index contributed by atoms with van der Waals surface area (Å²) >= 11 is 0. The summed E-state index contributed by atoms with van der Waals surface area (Å²) in [6.45, 7) is 6.41. The minimum absolute atomic E-state index is 0.307. The number of morpholine rings is 1. The highest BCUT2D eigenvalue weighted by atomic mass is 16.5. The molecule has 0 saturated carbocycles. The van der Waals surface area contributed by atoms with E-state index in [-0.39, 0.29) is 0 Å². The quantitative estimate of drug-likeness (QED) is 0.0492. The fourth-order valence-corrected chi connectivity index (χ4v) is 8.30. The van der Waals surface area contributed by atoms with Crippen LogP contribution in [0.4, 0.5) is 0 Å². The number of carbonyl (C=O) groups is 2. The van der Waals surface area contributed by atoms with Crippen LogP contribution in [-0.2, 0) is 20.7 Å². The van der Waals surface area contributed by atoms with E-state index >= 15 is 0 Å². The first-order valence-electron chi connectivity index (χ1n) is 26.8. The van der Waals surface area contributed by atoms with Crippen LogP contribution in [0.1, 0.15) is 217 Å². The number of allylic oxidation sites excluding steroid dienone is 8. The van der Waals surface area contributed by atoms with Crippen molar-refractivity contribution in [3.63, 3.8) is 0 Å². The summed E-state index contributed by atoms with van der Waals surface area (Å²) in [5.41, 5.74) is 1.31. The summed E-state index contributed by atoms with van der Waals surface area (Å²) in [4.78, 5) is 23.6. The number of hydrogen-bond donors (Lipinski definition) is 2. The number of hydrogen-bond acceptors (Lipinski definition) is 6. The lowest BCUT2D eigenvalue weighted by Crippen LogP contribution is -2.36. The van der Waals surface area contributed by atoms with E-state index in [1.54, 1.807) is 0 Å². The fraction of sp³-hybridized carbons (Fsp3) is 0.719. The molecule has 1 heterocycles. The van der Waals surface area contributed by atoms with Crippen LogP contribution in [0.25, 0.3) is 0 Å². The fourth-order valence-electron chi connectivity index (χ4n) is 8.30. The molecule has 1 aliphatic rings. The SMILES string of the molecule is O=C(O)CCCCCCCC=CCC=CCCCCCCCCCOc1cc(CCCN2CCOCC2)cc(OCCCCCCCCCC=CC/C=C\CCCCCCCC(=O)O)c1. The predicted molar refractivity (Wildman–Crippen MR) is 273 cm³/mol. The van der Waals surface area contributed by atoms with Crippen molar-refractivity contribution in [1.29, 1.82) is 0 Å². The maximum absolute atomic E-state index is 10.6. The highest BCUT2D eigenvalue weighted by molar-refractivity contribution is 5.66. The lowest BCUT2D eigenvalue weighted by molar-refractivity contribution is -0.138. The first-order chi connectivity index (χ1) is 32.0. The molecule has 0 atom stereocenters. The predicted octanol–water partition coefficient (Wildman–Crippen LogP) is 15.6. The van der Waals surface area contributed by atoms with Crippen LogP contribution in [-0.4, -0.2) is 73.1 Å². The molecule has 2 rings (SSSR count). The van der Waals surface area contributed by atoms with Crippen molar-refractivity contribution in [3.8, 4) is 11.5 Å². The third kappa shape index (κ3) is 39.5. The van der Waals surface area contributed by atoms with Crippen molar-refractivity contribution >= 4 is 11.9 Å². The molecule has 65 heavy (non-hydrogen) atoms. The van der Waals surface area contributed by atoms with E-state index in [1.165, 1.54) is 121 Å². The normalized spacial score (nSPS) is 13.6. The van der Waals surface area contributed by atoms with Gasteiger partial charge in [0.2, 0.25) is 0 Å². The molecule has 8 heteroatoms. The lowest BCUT2D eigenvalue weighted by Gasteiger charge is -2.26. The van der Waals surface area contributed by atoms with E-state index in [4.69, 9.17) is 24.4 Å². The molecule has 1 aliphatic heterocycles. The summed E-state index contributed by atoms with van der Waals surface area (Å²) in [6.07, 6.45) is 56.3. The van der Waals surface area contributed by atoms with Gasteiger partial charge in [0.15, 0.2) is 0 Å². The molecule has 0 aliphatic carbocycles. The largest absolute Gasteiger partial charge is 0.493 e. The Bertz CT molecular complexity index is 1290. The molecular weight excluding hydrogens is 811 g/mol. The number of aliphatic carboxylic acids is 2. The Hall–Kier alpha value is -3.36. The Kier molecular flexibility index (Phi) is 39.5. The molecule has 1 saturated heterocycles. The van der Waals surface area contributed by atoms with Crippen LogP contribution in [0.15, 0.2) is 66.8 Å². The number of benzene rings is 1. The van der Waals surface area contributed by atoms with Gasteiger partial charge < -0.3 is 24.4 Å². The second-order valence-corrected chi connectivity index (χ2v) is 18.4. The summed E-state index contributed by atoms with van der Waals surface area (Å²) in [5.74, 6) is 0.551. The van der Waals surface area contributed by atoms with Gasteiger partial charge in [-0.3, -0.25) is 14.5 Å². The second kappa shape index (κ2) is 44.5. The van der Waals surface area contributed by atoms with Crippen LogP contribution < -0.4 is 9.47 Å². The molecule has 2 N–H and O–H groups in total. The minimum Gasteiger partial charge on any atom is -0.493 e. The first kappa shape index (κ1) is 57.8. The van der Waals surface area contributed by atoms with E-state index in [2.05, 4.69) is 71.7 Å². The van der Waals surface area contributed by atoms with E-state index in [0.717, 1.165) is 147 Å². The standard InChI is InChI=1S/C57H95NO7/c59-56(60)41-35-31-27-23-19-15-11-7-3-1-5-9-13-17-21-25-29-33-37-46-64-54-50-53(40-39-43-58-44-48-63-49-45-58)51-55(52-54)65-47-38-34-30-26-22-18-14-10-6-2-4-8-12-16-20-24-28-32-36-42-57(61)62/h1-2,5-8,11-12,50-52H,3-4,9-10,13-49H2,(H,59,60)(H,61,62)/b5-1?,6-2?,11-7-,12-8?. The molecule has 0 bridgehead atoms. The molecule has 1 aromatic carbocycles. The average molecular weight is 906 g/mol. The van der Waals surface area contributed by atoms with Crippen LogP contribution in [0, 0.1) is 0 Å². The first-order valence-corrected chi connectivity index (χ1v) is 26.8. The molecular formula is C57H95NO7. The van der Waals surface area contributed by atoms with Gasteiger partial charge in [-0.2, -0.15) is 0 Å². The van der Waals surface area contributed by atoms with Gasteiger partial charge >= 0.3 is 11.9 Å². The minimum atomic E-state index is -0.678. The third-order valence-electron chi connectivity index (χ3n) is 12.3. The van der Waals surface area contributed by atoms with Crippen molar-refractivity contribution in [2.45, 2.75) is 218 Å². The van der Waals surface area contributed by atoms with E-state index in [1.807, 2.05) is 0 Å². The second-order valence-electron chi connectivity index (χ2n) is 18.4. The number of unbranched alkanes of at least 4 members (excludes halogenated alkanes) is 24. The molecule has 0 radical (unpaired) electrons. The average Bonchev–Trinajstić information content (AvgIpc) is 3.30. The highest BCUT2D eigenvalue weighted by Gasteiger charge is 2.11. The van der Waals surface area contributed by atoms with Crippen LogP contribution >= 0.6 is 0 Å². The van der Waals surface area contributed by atoms with Gasteiger partial charge in [0.05, 0.1) is 26.4 Å². The molecule has 370 valence electrons. The number of carboxylic acids is 2. The monoisotopic (exact) mass is 906 g/mol. The lowest BCUT2D eigenvalue weighted by atomic mass is 10.1. The van der Waals surface area contributed by atoms with Crippen molar-refractivity contribution in [3.05, 3.63) is 72.4 Å². The third-order valence-corrected chi connectivity index (χ3v) is 12.3. The molecule has 0 aromatic heterocycles. The maximum Gasteiger partial charge on any atom is 0.303 e. The Morgan fingerprint density at radius 1 is 0.462 bits per heavy atom. The smallest absolute Gasteiger partial charge is 0.303 e. The number of carboxylic acid groups (broad SMARTS) is 2. The highest BCUT2D eigenvalue weighted by Crippen LogP contribution is 2.25. The van der Waals surface area contributed by atoms with Crippen molar-refractivity contribution < 1.29 is 34.0 Å². The maximum atomic E-state index is 10.6. The molecule has 0 amide bonds. The molecule has 1 aromatic rings. The molecule has 0 spiro atoms. The van der Waals surface area contributed by atoms with Gasteiger partial charge in [-0.25, -0.2) is 0 Å². The Morgan fingerprint density at radius 2 is 0.815 bits per heavy atom. The summed E-state index contributed by atoms with van der Waals surface area (Å²) < 4.78 is 18.2. The topological polar surface area (TPSA) is 106 Å². The molecule has 8 nitrogen and oxygen atoms in total. The van der Waals surface area contributed by atoms with Gasteiger partial charge in [0.1, 0.15) is 11.5 Å². The van der Waals surface area contributed by atoms with Crippen LogP contribution in [0.2, 0.25) is 0 Å². The van der Waals surface area contributed by atoms with E-state index in [9.17, 15) is 9.59 Å². The summed E-state index contributed by atoms with van der Waals surface area (Å²) in [7, 11) is 0.